The fourth-order valence-electron chi connectivity index (χ4n) is 2.15. The van der Waals surface area contributed by atoms with Crippen LogP contribution in [0.3, 0.4) is 0 Å². The van der Waals surface area contributed by atoms with E-state index < -0.39 is 0 Å². The molecular formula is C17H20N4O2. The second-order valence-electron chi connectivity index (χ2n) is 5.09. The van der Waals surface area contributed by atoms with Gasteiger partial charge >= 0.3 is 0 Å². The van der Waals surface area contributed by atoms with Crippen LogP contribution in [0.15, 0.2) is 64.7 Å². The van der Waals surface area contributed by atoms with Gasteiger partial charge in [-0.25, -0.2) is 4.99 Å². The molecule has 0 fully saturated rings. The van der Waals surface area contributed by atoms with Crippen molar-refractivity contribution in [3.05, 3.63) is 65.7 Å². The quantitative estimate of drug-likeness (QED) is 0.285. The van der Waals surface area contributed by atoms with Crippen molar-refractivity contribution in [2.75, 3.05) is 0 Å². The van der Waals surface area contributed by atoms with Crippen LogP contribution in [0, 0.1) is 0 Å². The topological polar surface area (TPSA) is 103 Å². The van der Waals surface area contributed by atoms with Crippen LogP contribution in [0.5, 0.6) is 0 Å². The van der Waals surface area contributed by atoms with Gasteiger partial charge in [0, 0.05) is 12.8 Å². The number of rotatable bonds is 6. The summed E-state index contributed by atoms with van der Waals surface area (Å²) >= 11 is 0. The molecule has 2 rings (SSSR count). The van der Waals surface area contributed by atoms with Gasteiger partial charge in [0.2, 0.25) is 0 Å². The Morgan fingerprint density at radius 2 is 1.78 bits per heavy atom. The van der Waals surface area contributed by atoms with Crippen molar-refractivity contribution in [1.82, 2.24) is 5.48 Å². The van der Waals surface area contributed by atoms with E-state index in [0.717, 1.165) is 16.8 Å². The molecule has 0 bridgehead atoms. The molecule has 0 heterocycles. The highest BCUT2D eigenvalue weighted by Gasteiger charge is 2.02. The lowest BCUT2D eigenvalue weighted by Gasteiger charge is -2.06. The van der Waals surface area contributed by atoms with Crippen molar-refractivity contribution in [3.8, 4) is 0 Å². The van der Waals surface area contributed by atoms with Gasteiger partial charge in [0.05, 0.1) is 5.69 Å². The molecule has 0 aliphatic rings. The van der Waals surface area contributed by atoms with Crippen LogP contribution >= 0.6 is 0 Å². The Bertz CT molecular complexity index is 684. The number of nitrogens with two attached hydrogens (primary N) is 1. The number of benzene rings is 2. The molecular weight excluding hydrogens is 292 g/mol. The maximum Gasteiger partial charge on any atom is 0.139 e. The molecule has 0 saturated heterocycles. The molecule has 0 aromatic heterocycles. The predicted molar refractivity (Wildman–Crippen MR) is 90.3 cm³/mol. The number of hydrogen-bond acceptors (Lipinski definition) is 4. The summed E-state index contributed by atoms with van der Waals surface area (Å²) in [5.74, 6) is 0.658. The van der Waals surface area contributed by atoms with Gasteiger partial charge in [-0.2, -0.15) is 0 Å². The molecule has 0 spiro atoms. The number of aryl methyl sites for hydroxylation is 1. The molecule has 2 aromatic rings. The average Bonchev–Trinajstić information content (AvgIpc) is 2.60. The van der Waals surface area contributed by atoms with Crippen molar-refractivity contribution < 1.29 is 10.4 Å². The molecule has 5 N–H and O–H groups in total. The molecule has 0 atom stereocenters. The summed E-state index contributed by atoms with van der Waals surface area (Å²) in [6.45, 7) is 0. The van der Waals surface area contributed by atoms with Crippen LogP contribution in [0.4, 0.5) is 5.69 Å². The maximum absolute atomic E-state index is 9.29. The third-order valence-electron chi connectivity index (χ3n) is 3.32. The lowest BCUT2D eigenvalue weighted by Crippen LogP contribution is -2.21. The summed E-state index contributed by atoms with van der Waals surface area (Å²) in [4.78, 5) is 4.42. The van der Waals surface area contributed by atoms with Gasteiger partial charge in [-0.1, -0.05) is 47.6 Å². The van der Waals surface area contributed by atoms with Crippen LogP contribution in [0.25, 0.3) is 0 Å². The van der Waals surface area contributed by atoms with Gasteiger partial charge in [0.15, 0.2) is 0 Å². The summed E-state index contributed by atoms with van der Waals surface area (Å²) in [6.07, 6.45) is 1.63. The van der Waals surface area contributed by atoms with E-state index in [1.807, 2.05) is 54.6 Å². The second kappa shape index (κ2) is 8.55. The summed E-state index contributed by atoms with van der Waals surface area (Å²) < 4.78 is 0. The van der Waals surface area contributed by atoms with E-state index in [4.69, 9.17) is 10.9 Å². The monoisotopic (exact) mass is 312 g/mol. The van der Waals surface area contributed by atoms with E-state index >= 15 is 0 Å². The Labute approximate surface area is 134 Å². The number of oxime groups is 1. The minimum absolute atomic E-state index is 0.195. The summed E-state index contributed by atoms with van der Waals surface area (Å²) in [5.41, 5.74) is 10.4. The third kappa shape index (κ3) is 5.44. The standard InChI is InChI=1S/C17H20N4O2/c18-16(20-22)10-9-14-7-4-8-15(11-14)19-17(21-23)12-13-5-2-1-3-6-13/h1-8,11,22-23H,9-10,12H2,(H2,18,20)(H,19,21). The average molecular weight is 312 g/mol. The first-order valence-corrected chi connectivity index (χ1v) is 7.28. The Hall–Kier alpha value is -2.86. The van der Waals surface area contributed by atoms with Crippen molar-refractivity contribution in [3.63, 3.8) is 0 Å². The zero-order valence-electron chi connectivity index (χ0n) is 12.7. The van der Waals surface area contributed by atoms with Gasteiger partial charge in [-0.3, -0.25) is 10.7 Å². The van der Waals surface area contributed by atoms with Crippen molar-refractivity contribution >= 4 is 17.4 Å². The Morgan fingerprint density at radius 3 is 2.48 bits per heavy atom. The predicted octanol–water partition coefficient (Wildman–Crippen LogP) is 2.62. The van der Waals surface area contributed by atoms with Gasteiger partial charge < -0.3 is 10.9 Å². The SMILES string of the molecule is N/C(CCc1cccc(N=C(Cc2ccccc2)NO)c1)=N/O. The lowest BCUT2D eigenvalue weighted by molar-refractivity contribution is 0.232. The van der Waals surface area contributed by atoms with Gasteiger partial charge in [0.1, 0.15) is 11.7 Å². The zero-order chi connectivity index (χ0) is 16.5. The fourth-order valence-corrected chi connectivity index (χ4v) is 2.15. The minimum Gasteiger partial charge on any atom is -0.409 e. The maximum atomic E-state index is 9.29. The highest BCUT2D eigenvalue weighted by molar-refractivity contribution is 5.85. The highest BCUT2D eigenvalue weighted by Crippen LogP contribution is 2.16. The molecule has 0 unspecified atom stereocenters. The van der Waals surface area contributed by atoms with Crippen molar-refractivity contribution in [2.24, 2.45) is 15.9 Å². The molecule has 2 aromatic carbocycles. The summed E-state index contributed by atoms with van der Waals surface area (Å²) in [7, 11) is 0. The van der Waals surface area contributed by atoms with Crippen LogP contribution in [-0.2, 0) is 12.8 Å². The van der Waals surface area contributed by atoms with E-state index in [9.17, 15) is 5.21 Å². The van der Waals surface area contributed by atoms with Crippen LogP contribution in [0.2, 0.25) is 0 Å². The molecule has 0 saturated carbocycles. The molecule has 120 valence electrons. The summed E-state index contributed by atoms with van der Waals surface area (Å²) in [5, 5.41) is 20.8. The molecule has 23 heavy (non-hydrogen) atoms. The first-order chi connectivity index (χ1) is 11.2. The fraction of sp³-hybridized carbons (Fsp3) is 0.176. The molecule has 6 heteroatoms. The number of amidine groups is 2. The molecule has 0 amide bonds. The smallest absolute Gasteiger partial charge is 0.139 e. The first kappa shape index (κ1) is 16.5. The van der Waals surface area contributed by atoms with Crippen molar-refractivity contribution in [2.45, 2.75) is 19.3 Å². The molecule has 6 nitrogen and oxygen atoms in total. The molecule has 0 aliphatic carbocycles. The number of nitrogens with zero attached hydrogens (tertiary/aromatic N) is 2. The van der Waals surface area contributed by atoms with E-state index in [2.05, 4.69) is 15.6 Å². The second-order valence-corrected chi connectivity index (χ2v) is 5.09. The molecule has 0 radical (unpaired) electrons. The lowest BCUT2D eigenvalue weighted by atomic mass is 10.1. The van der Waals surface area contributed by atoms with E-state index in [0.29, 0.717) is 25.1 Å². The van der Waals surface area contributed by atoms with Crippen LogP contribution < -0.4 is 11.2 Å². The zero-order valence-corrected chi connectivity index (χ0v) is 12.7. The molecule has 0 aliphatic heterocycles. The third-order valence-corrected chi connectivity index (χ3v) is 3.32. The normalized spacial score (nSPS) is 12.2. The largest absolute Gasteiger partial charge is 0.409 e. The van der Waals surface area contributed by atoms with Gasteiger partial charge in [-0.15, -0.1) is 0 Å². The summed E-state index contributed by atoms with van der Waals surface area (Å²) in [6, 6.07) is 17.4. The number of hydrogen-bond donors (Lipinski definition) is 4. The van der Waals surface area contributed by atoms with Gasteiger partial charge in [-0.05, 0) is 29.7 Å². The highest BCUT2D eigenvalue weighted by atomic mass is 16.5. The van der Waals surface area contributed by atoms with Crippen LogP contribution in [-0.4, -0.2) is 22.1 Å². The minimum atomic E-state index is 0.195. The first-order valence-electron chi connectivity index (χ1n) is 7.28. The van der Waals surface area contributed by atoms with E-state index in [1.165, 1.54) is 0 Å². The number of hydroxylamine groups is 1. The van der Waals surface area contributed by atoms with Crippen molar-refractivity contribution in [1.29, 1.82) is 0 Å². The van der Waals surface area contributed by atoms with E-state index in [1.54, 1.807) is 0 Å². The Kier molecular flexibility index (Phi) is 6.14. The van der Waals surface area contributed by atoms with Crippen LogP contribution in [0.1, 0.15) is 17.5 Å². The van der Waals surface area contributed by atoms with Gasteiger partial charge in [0.25, 0.3) is 0 Å². The van der Waals surface area contributed by atoms with E-state index in [-0.39, 0.29) is 5.84 Å². The number of aliphatic imine (C=N–C) groups is 1. The Balaban J connectivity index is 2.10. The Morgan fingerprint density at radius 1 is 1.04 bits per heavy atom. The number of nitrogens with one attached hydrogen (secondary N) is 1.